The summed E-state index contributed by atoms with van der Waals surface area (Å²) in [7, 11) is 0. The topological polar surface area (TPSA) is 20.2 Å². The fourth-order valence-electron chi connectivity index (χ4n) is 0.868. The van der Waals surface area contributed by atoms with E-state index in [-0.39, 0.29) is 6.61 Å². The van der Waals surface area contributed by atoms with Gasteiger partial charge < -0.3 is 5.11 Å². The van der Waals surface area contributed by atoms with E-state index in [0.717, 1.165) is 10.6 Å². The average molecular weight is 183 g/mol. The van der Waals surface area contributed by atoms with Crippen molar-refractivity contribution < 1.29 is 5.11 Å². The molecule has 0 fully saturated rings. The highest BCUT2D eigenvalue weighted by atomic mass is 35.5. The number of aliphatic hydroxyl groups excluding tert-OH is 1. The van der Waals surface area contributed by atoms with Gasteiger partial charge in [0.1, 0.15) is 0 Å². The summed E-state index contributed by atoms with van der Waals surface area (Å²) in [5.41, 5.74) is 1.10. The number of halogens is 1. The van der Waals surface area contributed by atoms with E-state index in [0.29, 0.717) is 6.42 Å². The minimum Gasteiger partial charge on any atom is -0.396 e. The number of aliphatic hydroxyl groups is 1. The summed E-state index contributed by atoms with van der Waals surface area (Å²) in [4.78, 5) is 0. The van der Waals surface area contributed by atoms with Crippen molar-refractivity contribution >= 4 is 17.7 Å². The Morgan fingerprint density at radius 1 is 1.25 bits per heavy atom. The molecule has 1 nitrogen and oxygen atoms in total. The van der Waals surface area contributed by atoms with E-state index in [1.165, 1.54) is 0 Å². The second-order valence-electron chi connectivity index (χ2n) is 2.47. The first-order valence-corrected chi connectivity index (χ1v) is 4.23. The molecule has 0 aliphatic heterocycles. The first kappa shape index (κ1) is 9.30. The predicted molar refractivity (Wildman–Crippen MR) is 52.2 cm³/mol. The SMILES string of the molecule is OCC/C=C\c1ccc(Cl)cc1. The van der Waals surface area contributed by atoms with Gasteiger partial charge in [0.25, 0.3) is 0 Å². The van der Waals surface area contributed by atoms with Gasteiger partial charge in [-0.25, -0.2) is 0 Å². The predicted octanol–water partition coefficient (Wildman–Crippen LogP) is 2.74. The van der Waals surface area contributed by atoms with Crippen molar-refractivity contribution in [2.24, 2.45) is 0 Å². The Morgan fingerprint density at radius 2 is 1.92 bits per heavy atom. The van der Waals surface area contributed by atoms with E-state index in [4.69, 9.17) is 16.7 Å². The molecule has 1 aromatic carbocycles. The minimum absolute atomic E-state index is 0.199. The van der Waals surface area contributed by atoms with E-state index >= 15 is 0 Å². The van der Waals surface area contributed by atoms with E-state index < -0.39 is 0 Å². The summed E-state index contributed by atoms with van der Waals surface area (Å²) in [5.74, 6) is 0. The molecule has 0 spiro atoms. The van der Waals surface area contributed by atoms with Crippen LogP contribution < -0.4 is 0 Å². The number of benzene rings is 1. The van der Waals surface area contributed by atoms with Gasteiger partial charge in [0, 0.05) is 11.6 Å². The lowest BCUT2D eigenvalue weighted by Gasteiger charge is -1.92. The van der Waals surface area contributed by atoms with Crippen molar-refractivity contribution in [1.29, 1.82) is 0 Å². The van der Waals surface area contributed by atoms with Gasteiger partial charge >= 0.3 is 0 Å². The largest absolute Gasteiger partial charge is 0.396 e. The molecule has 1 aromatic rings. The van der Waals surface area contributed by atoms with Crippen molar-refractivity contribution in [2.45, 2.75) is 6.42 Å². The second kappa shape index (κ2) is 4.96. The fourth-order valence-corrected chi connectivity index (χ4v) is 0.994. The highest BCUT2D eigenvalue weighted by Crippen LogP contribution is 2.10. The molecule has 0 saturated carbocycles. The van der Waals surface area contributed by atoms with Gasteiger partial charge in [-0.1, -0.05) is 35.9 Å². The van der Waals surface area contributed by atoms with Crippen LogP contribution in [-0.2, 0) is 0 Å². The Balaban J connectivity index is 2.58. The van der Waals surface area contributed by atoms with Crippen molar-refractivity contribution in [1.82, 2.24) is 0 Å². The first-order chi connectivity index (χ1) is 5.83. The Hall–Kier alpha value is -0.790. The van der Waals surface area contributed by atoms with Gasteiger partial charge in [-0.15, -0.1) is 0 Å². The molecule has 0 amide bonds. The maximum Gasteiger partial charge on any atom is 0.0465 e. The smallest absolute Gasteiger partial charge is 0.0465 e. The fraction of sp³-hybridized carbons (Fsp3) is 0.200. The molecule has 0 heterocycles. The van der Waals surface area contributed by atoms with Gasteiger partial charge in [-0.05, 0) is 24.1 Å². The summed E-state index contributed by atoms with van der Waals surface area (Å²) in [6, 6.07) is 7.58. The Bertz CT molecular complexity index is 251. The van der Waals surface area contributed by atoms with E-state index in [9.17, 15) is 0 Å². The third-order valence-electron chi connectivity index (χ3n) is 1.48. The van der Waals surface area contributed by atoms with Crippen molar-refractivity contribution in [3.05, 3.63) is 40.9 Å². The third-order valence-corrected chi connectivity index (χ3v) is 1.73. The normalized spacial score (nSPS) is 10.8. The number of rotatable bonds is 3. The highest BCUT2D eigenvalue weighted by Gasteiger charge is 1.86. The van der Waals surface area contributed by atoms with Gasteiger partial charge in [0.2, 0.25) is 0 Å². The molecule has 0 aromatic heterocycles. The molecular formula is C10H11ClO. The molecule has 0 aliphatic rings. The monoisotopic (exact) mass is 182 g/mol. The summed E-state index contributed by atoms with van der Waals surface area (Å²) in [5, 5.41) is 9.26. The molecule has 1 N–H and O–H groups in total. The Labute approximate surface area is 77.3 Å². The Morgan fingerprint density at radius 3 is 2.50 bits per heavy atom. The van der Waals surface area contributed by atoms with Gasteiger partial charge in [-0.2, -0.15) is 0 Å². The molecular weight excluding hydrogens is 172 g/mol. The second-order valence-corrected chi connectivity index (χ2v) is 2.90. The summed E-state index contributed by atoms with van der Waals surface area (Å²) >= 11 is 5.71. The summed E-state index contributed by atoms with van der Waals surface area (Å²) in [6.07, 6.45) is 4.60. The molecule has 0 radical (unpaired) electrons. The van der Waals surface area contributed by atoms with Crippen LogP contribution in [0.15, 0.2) is 30.3 Å². The molecule has 64 valence electrons. The van der Waals surface area contributed by atoms with Crippen LogP contribution >= 0.6 is 11.6 Å². The lowest BCUT2D eigenvalue weighted by atomic mass is 10.2. The lowest BCUT2D eigenvalue weighted by Crippen LogP contribution is -1.76. The van der Waals surface area contributed by atoms with E-state index in [1.807, 2.05) is 36.4 Å². The molecule has 0 atom stereocenters. The van der Waals surface area contributed by atoms with Crippen LogP contribution in [0.5, 0.6) is 0 Å². The molecule has 0 aliphatic carbocycles. The summed E-state index contributed by atoms with van der Waals surface area (Å²) in [6.45, 7) is 0.199. The van der Waals surface area contributed by atoms with Gasteiger partial charge in [0.15, 0.2) is 0 Å². The maximum atomic E-state index is 8.52. The third kappa shape index (κ3) is 3.07. The number of hydrogen-bond donors (Lipinski definition) is 1. The zero-order chi connectivity index (χ0) is 8.81. The van der Waals surface area contributed by atoms with Crippen LogP contribution in [0.1, 0.15) is 12.0 Å². The van der Waals surface area contributed by atoms with Crippen molar-refractivity contribution in [3.8, 4) is 0 Å². The van der Waals surface area contributed by atoms with Crippen LogP contribution in [0, 0.1) is 0 Å². The van der Waals surface area contributed by atoms with Crippen LogP contribution in [0.25, 0.3) is 6.08 Å². The van der Waals surface area contributed by atoms with Crippen LogP contribution in [0.3, 0.4) is 0 Å². The summed E-state index contributed by atoms with van der Waals surface area (Å²) < 4.78 is 0. The molecule has 1 rings (SSSR count). The highest BCUT2D eigenvalue weighted by molar-refractivity contribution is 6.30. The molecule has 0 bridgehead atoms. The lowest BCUT2D eigenvalue weighted by molar-refractivity contribution is 0.303. The van der Waals surface area contributed by atoms with Crippen LogP contribution in [-0.4, -0.2) is 11.7 Å². The molecule has 2 heteroatoms. The maximum absolute atomic E-state index is 8.52. The zero-order valence-corrected chi connectivity index (χ0v) is 7.46. The molecule has 0 saturated heterocycles. The standard InChI is InChI=1S/C10H11ClO/c11-10-6-4-9(5-7-10)3-1-2-8-12/h1,3-7,12H,2,8H2/b3-1-. The van der Waals surface area contributed by atoms with Crippen molar-refractivity contribution in [3.63, 3.8) is 0 Å². The van der Waals surface area contributed by atoms with Crippen molar-refractivity contribution in [2.75, 3.05) is 6.61 Å². The number of hydrogen-bond acceptors (Lipinski definition) is 1. The van der Waals surface area contributed by atoms with Gasteiger partial charge in [-0.3, -0.25) is 0 Å². The van der Waals surface area contributed by atoms with E-state index in [1.54, 1.807) is 0 Å². The Kier molecular flexibility index (Phi) is 3.85. The minimum atomic E-state index is 0.199. The molecule has 0 unspecified atom stereocenters. The average Bonchev–Trinajstić information content (AvgIpc) is 2.09. The van der Waals surface area contributed by atoms with E-state index in [2.05, 4.69) is 0 Å². The first-order valence-electron chi connectivity index (χ1n) is 3.86. The molecule has 12 heavy (non-hydrogen) atoms. The van der Waals surface area contributed by atoms with Gasteiger partial charge in [0.05, 0.1) is 0 Å². The zero-order valence-electron chi connectivity index (χ0n) is 6.70. The van der Waals surface area contributed by atoms with Crippen LogP contribution in [0.4, 0.5) is 0 Å². The quantitative estimate of drug-likeness (QED) is 0.762. The van der Waals surface area contributed by atoms with Crippen LogP contribution in [0.2, 0.25) is 5.02 Å².